The molecule has 27 heavy (non-hydrogen) atoms. The van der Waals surface area contributed by atoms with Crippen molar-refractivity contribution in [2.45, 2.75) is 57.5 Å². The van der Waals surface area contributed by atoms with Crippen LogP contribution in [0.2, 0.25) is 0 Å². The SMILES string of the molecule is CC(C)c1c2cc(-c3cc(NC4CCC(N)CC4)ncn3)ccc2nn1C. The van der Waals surface area contributed by atoms with E-state index >= 15 is 0 Å². The second kappa shape index (κ2) is 7.27. The first-order chi connectivity index (χ1) is 13.0. The minimum absolute atomic E-state index is 0.352. The molecule has 1 saturated carbocycles. The lowest BCUT2D eigenvalue weighted by molar-refractivity contribution is 0.410. The number of aromatic nitrogens is 4. The van der Waals surface area contributed by atoms with Gasteiger partial charge in [-0.1, -0.05) is 19.9 Å². The Morgan fingerprint density at radius 2 is 1.89 bits per heavy atom. The third kappa shape index (κ3) is 3.67. The van der Waals surface area contributed by atoms with Crippen molar-refractivity contribution in [3.8, 4) is 11.3 Å². The highest BCUT2D eigenvalue weighted by Crippen LogP contribution is 2.29. The molecule has 2 aromatic heterocycles. The molecule has 1 aliphatic carbocycles. The summed E-state index contributed by atoms with van der Waals surface area (Å²) in [5.74, 6) is 1.30. The number of benzene rings is 1. The Hall–Kier alpha value is -2.47. The zero-order chi connectivity index (χ0) is 19.0. The van der Waals surface area contributed by atoms with Crippen molar-refractivity contribution in [1.29, 1.82) is 0 Å². The topological polar surface area (TPSA) is 81.7 Å². The van der Waals surface area contributed by atoms with Crippen LogP contribution in [0.15, 0.2) is 30.6 Å². The van der Waals surface area contributed by atoms with Gasteiger partial charge >= 0.3 is 0 Å². The van der Waals surface area contributed by atoms with E-state index in [1.54, 1.807) is 6.33 Å². The third-order valence-corrected chi connectivity index (χ3v) is 5.51. The predicted octanol–water partition coefficient (Wildman–Crippen LogP) is 3.84. The number of anilines is 1. The lowest BCUT2D eigenvalue weighted by Crippen LogP contribution is -2.33. The van der Waals surface area contributed by atoms with E-state index in [1.165, 1.54) is 11.1 Å². The van der Waals surface area contributed by atoms with E-state index in [4.69, 9.17) is 5.73 Å². The number of hydrogen-bond acceptors (Lipinski definition) is 5. The van der Waals surface area contributed by atoms with Gasteiger partial charge in [0.2, 0.25) is 0 Å². The quantitative estimate of drug-likeness (QED) is 0.735. The zero-order valence-electron chi connectivity index (χ0n) is 16.3. The van der Waals surface area contributed by atoms with Crippen molar-refractivity contribution in [3.05, 3.63) is 36.3 Å². The van der Waals surface area contributed by atoms with Gasteiger partial charge in [-0.05, 0) is 43.7 Å². The largest absolute Gasteiger partial charge is 0.367 e. The normalized spacial score (nSPS) is 20.3. The summed E-state index contributed by atoms with van der Waals surface area (Å²) >= 11 is 0. The maximum Gasteiger partial charge on any atom is 0.130 e. The lowest BCUT2D eigenvalue weighted by atomic mass is 9.92. The molecule has 0 spiro atoms. The van der Waals surface area contributed by atoms with Gasteiger partial charge in [0.1, 0.15) is 12.1 Å². The van der Waals surface area contributed by atoms with Gasteiger partial charge in [-0.2, -0.15) is 5.10 Å². The van der Waals surface area contributed by atoms with Crippen molar-refractivity contribution in [2.75, 3.05) is 5.32 Å². The van der Waals surface area contributed by atoms with Crippen LogP contribution in [-0.4, -0.2) is 31.8 Å². The van der Waals surface area contributed by atoms with Gasteiger partial charge in [-0.25, -0.2) is 9.97 Å². The van der Waals surface area contributed by atoms with Crippen LogP contribution in [0.1, 0.15) is 51.1 Å². The van der Waals surface area contributed by atoms with Gasteiger partial charge in [0.05, 0.1) is 11.2 Å². The molecule has 0 amide bonds. The monoisotopic (exact) mass is 364 g/mol. The molecule has 2 heterocycles. The van der Waals surface area contributed by atoms with E-state index in [9.17, 15) is 0 Å². The molecule has 0 saturated heterocycles. The fourth-order valence-electron chi connectivity index (χ4n) is 4.13. The molecule has 0 unspecified atom stereocenters. The van der Waals surface area contributed by atoms with Crippen molar-refractivity contribution in [1.82, 2.24) is 19.7 Å². The Morgan fingerprint density at radius 3 is 2.63 bits per heavy atom. The number of nitrogens with zero attached hydrogens (tertiary/aromatic N) is 4. The summed E-state index contributed by atoms with van der Waals surface area (Å²) in [7, 11) is 2.01. The number of nitrogens with two attached hydrogens (primary N) is 1. The molecule has 142 valence electrons. The summed E-state index contributed by atoms with van der Waals surface area (Å²) in [6.45, 7) is 4.40. The van der Waals surface area contributed by atoms with Crippen LogP contribution in [-0.2, 0) is 7.05 Å². The molecule has 0 bridgehead atoms. The predicted molar refractivity (Wildman–Crippen MR) is 110 cm³/mol. The summed E-state index contributed by atoms with van der Waals surface area (Å²) in [6, 6.07) is 9.20. The zero-order valence-corrected chi connectivity index (χ0v) is 16.3. The second-order valence-electron chi connectivity index (χ2n) is 7.94. The van der Waals surface area contributed by atoms with Gasteiger partial charge < -0.3 is 11.1 Å². The molecular weight excluding hydrogens is 336 g/mol. The summed E-state index contributed by atoms with van der Waals surface area (Å²) in [4.78, 5) is 8.92. The number of nitrogens with one attached hydrogen (secondary N) is 1. The van der Waals surface area contributed by atoms with Crippen LogP contribution < -0.4 is 11.1 Å². The van der Waals surface area contributed by atoms with E-state index in [0.717, 1.165) is 48.3 Å². The molecule has 3 N–H and O–H groups in total. The number of hydrogen-bond donors (Lipinski definition) is 2. The fraction of sp³-hybridized carbons (Fsp3) is 0.476. The molecule has 1 aromatic carbocycles. The molecule has 6 heteroatoms. The first kappa shape index (κ1) is 17.9. The second-order valence-corrected chi connectivity index (χ2v) is 7.94. The first-order valence-electron chi connectivity index (χ1n) is 9.82. The van der Waals surface area contributed by atoms with Crippen LogP contribution in [0.3, 0.4) is 0 Å². The average molecular weight is 364 g/mol. The van der Waals surface area contributed by atoms with Crippen molar-refractivity contribution in [2.24, 2.45) is 12.8 Å². The highest BCUT2D eigenvalue weighted by atomic mass is 15.3. The first-order valence-corrected chi connectivity index (χ1v) is 9.82. The molecule has 0 atom stereocenters. The van der Waals surface area contributed by atoms with Crippen LogP contribution in [0.5, 0.6) is 0 Å². The molecule has 0 aliphatic heterocycles. The molecule has 4 rings (SSSR count). The maximum atomic E-state index is 6.01. The highest BCUT2D eigenvalue weighted by molar-refractivity contribution is 5.86. The van der Waals surface area contributed by atoms with E-state index in [1.807, 2.05) is 17.8 Å². The van der Waals surface area contributed by atoms with E-state index in [-0.39, 0.29) is 0 Å². The van der Waals surface area contributed by atoms with E-state index in [2.05, 4.69) is 52.4 Å². The smallest absolute Gasteiger partial charge is 0.130 e. The van der Waals surface area contributed by atoms with Crippen LogP contribution in [0, 0.1) is 0 Å². The van der Waals surface area contributed by atoms with E-state index in [0.29, 0.717) is 18.0 Å². The van der Waals surface area contributed by atoms with Gasteiger partial charge in [0.15, 0.2) is 0 Å². The van der Waals surface area contributed by atoms with Crippen molar-refractivity contribution in [3.63, 3.8) is 0 Å². The molecule has 3 aromatic rings. The molecule has 6 nitrogen and oxygen atoms in total. The molecular formula is C21H28N6. The Morgan fingerprint density at radius 1 is 1.11 bits per heavy atom. The molecule has 1 aliphatic rings. The summed E-state index contributed by atoms with van der Waals surface area (Å²) in [5, 5.41) is 9.38. The minimum Gasteiger partial charge on any atom is -0.367 e. The summed E-state index contributed by atoms with van der Waals surface area (Å²) in [6.07, 6.45) is 5.99. The Balaban J connectivity index is 1.62. The molecule has 1 fully saturated rings. The highest BCUT2D eigenvalue weighted by Gasteiger charge is 2.19. The summed E-state index contributed by atoms with van der Waals surface area (Å²) < 4.78 is 1.99. The molecule has 0 radical (unpaired) electrons. The van der Waals surface area contributed by atoms with Crippen LogP contribution >= 0.6 is 0 Å². The third-order valence-electron chi connectivity index (χ3n) is 5.51. The van der Waals surface area contributed by atoms with Gasteiger partial charge in [-0.15, -0.1) is 0 Å². The summed E-state index contributed by atoms with van der Waals surface area (Å²) in [5.41, 5.74) is 10.3. The van der Waals surface area contributed by atoms with Gasteiger partial charge in [-0.3, -0.25) is 4.68 Å². The van der Waals surface area contributed by atoms with E-state index < -0.39 is 0 Å². The number of rotatable bonds is 4. The maximum absolute atomic E-state index is 6.01. The van der Waals surface area contributed by atoms with Gasteiger partial charge in [0.25, 0.3) is 0 Å². The Bertz CT molecular complexity index is 937. The number of fused-ring (bicyclic) bond motifs is 1. The average Bonchev–Trinajstić information content (AvgIpc) is 2.99. The van der Waals surface area contributed by atoms with Crippen molar-refractivity contribution < 1.29 is 0 Å². The van der Waals surface area contributed by atoms with Crippen LogP contribution in [0.4, 0.5) is 5.82 Å². The van der Waals surface area contributed by atoms with Gasteiger partial charge in [0, 0.05) is 41.8 Å². The standard InChI is InChI=1S/C21H28N6/c1-13(2)21-17-10-14(4-9-18(17)26-27(21)3)19-11-20(24-12-23-19)25-16-7-5-15(22)6-8-16/h4,9-13,15-16H,5-8,22H2,1-3H3,(H,23,24,25). The Labute approximate surface area is 160 Å². The minimum atomic E-state index is 0.352. The van der Waals surface area contributed by atoms with Crippen molar-refractivity contribution >= 4 is 16.7 Å². The fourth-order valence-corrected chi connectivity index (χ4v) is 4.13. The number of aryl methyl sites for hydroxylation is 1. The lowest BCUT2D eigenvalue weighted by Gasteiger charge is -2.27. The van der Waals surface area contributed by atoms with Crippen LogP contribution in [0.25, 0.3) is 22.2 Å². The Kier molecular flexibility index (Phi) is 4.83.